The van der Waals surface area contributed by atoms with Crippen LogP contribution < -0.4 is 0 Å². The van der Waals surface area contributed by atoms with Crippen molar-refractivity contribution in [2.24, 2.45) is 5.92 Å². The first kappa shape index (κ1) is 16.5. The molecule has 0 aromatic rings. The normalized spacial score (nSPS) is 23.7. The molecule has 0 heterocycles. The number of aliphatic carboxylic acids is 1. The first-order valence-corrected chi connectivity index (χ1v) is 8.11. The Hall–Kier alpha value is -0.570. The first-order valence-electron chi connectivity index (χ1n) is 8.11. The highest BCUT2D eigenvalue weighted by Gasteiger charge is 2.26. The average Bonchev–Trinajstić information content (AvgIpc) is 2.39. The zero-order valence-electron chi connectivity index (χ0n) is 12.7. The van der Waals surface area contributed by atoms with Crippen LogP contribution in [0.4, 0.5) is 0 Å². The van der Waals surface area contributed by atoms with Crippen LogP contribution >= 0.6 is 0 Å². The molecule has 19 heavy (non-hydrogen) atoms. The topological polar surface area (TPSA) is 40.5 Å². The number of carboxylic acid groups (broad SMARTS) is 1. The minimum Gasteiger partial charge on any atom is -0.481 e. The monoisotopic (exact) mass is 269 g/mol. The SMILES string of the molecule is CCCCCCN(CCC(=O)O)C1CCCCC1C. The molecule has 1 aliphatic rings. The molecule has 1 N–H and O–H groups in total. The lowest BCUT2D eigenvalue weighted by Crippen LogP contribution is -2.43. The third kappa shape index (κ3) is 6.42. The Balaban J connectivity index is 2.44. The van der Waals surface area contributed by atoms with E-state index in [-0.39, 0.29) is 6.42 Å². The average molecular weight is 269 g/mol. The molecule has 0 amide bonds. The van der Waals surface area contributed by atoms with E-state index in [1.54, 1.807) is 0 Å². The zero-order valence-corrected chi connectivity index (χ0v) is 12.7. The van der Waals surface area contributed by atoms with Crippen molar-refractivity contribution in [3.05, 3.63) is 0 Å². The van der Waals surface area contributed by atoms with Crippen molar-refractivity contribution >= 4 is 5.97 Å². The predicted molar refractivity (Wildman–Crippen MR) is 79.4 cm³/mol. The first-order chi connectivity index (χ1) is 9.15. The molecule has 0 saturated heterocycles. The second-order valence-corrected chi connectivity index (χ2v) is 6.07. The molecular weight excluding hydrogens is 238 g/mol. The maximum Gasteiger partial charge on any atom is 0.304 e. The van der Waals surface area contributed by atoms with E-state index in [1.807, 2.05) is 0 Å². The number of hydrogen-bond acceptors (Lipinski definition) is 2. The summed E-state index contributed by atoms with van der Waals surface area (Å²) >= 11 is 0. The molecule has 3 heteroatoms. The molecule has 1 fully saturated rings. The Kier molecular flexibility index (Phi) is 8.11. The van der Waals surface area contributed by atoms with Crippen molar-refractivity contribution in [1.29, 1.82) is 0 Å². The second kappa shape index (κ2) is 9.35. The van der Waals surface area contributed by atoms with Gasteiger partial charge in [-0.3, -0.25) is 9.69 Å². The lowest BCUT2D eigenvalue weighted by Gasteiger charge is -2.38. The van der Waals surface area contributed by atoms with Gasteiger partial charge in [0.05, 0.1) is 6.42 Å². The summed E-state index contributed by atoms with van der Waals surface area (Å²) in [7, 11) is 0. The van der Waals surface area contributed by atoms with Crippen LogP contribution in [-0.2, 0) is 4.79 Å². The van der Waals surface area contributed by atoms with Gasteiger partial charge in [-0.15, -0.1) is 0 Å². The number of carbonyl (C=O) groups is 1. The molecule has 0 bridgehead atoms. The van der Waals surface area contributed by atoms with Gasteiger partial charge in [0.1, 0.15) is 0 Å². The highest BCUT2D eigenvalue weighted by Crippen LogP contribution is 2.28. The van der Waals surface area contributed by atoms with Gasteiger partial charge >= 0.3 is 5.97 Å². The van der Waals surface area contributed by atoms with Crippen molar-refractivity contribution in [2.45, 2.75) is 77.7 Å². The predicted octanol–water partition coefficient (Wildman–Crippen LogP) is 3.92. The quantitative estimate of drug-likeness (QED) is 0.645. The Labute approximate surface area is 118 Å². The van der Waals surface area contributed by atoms with Crippen molar-refractivity contribution in [3.8, 4) is 0 Å². The van der Waals surface area contributed by atoms with E-state index in [0.29, 0.717) is 6.04 Å². The fourth-order valence-electron chi connectivity index (χ4n) is 3.26. The lowest BCUT2D eigenvalue weighted by molar-refractivity contribution is -0.137. The minimum absolute atomic E-state index is 0.289. The number of rotatable bonds is 9. The number of nitrogens with zero attached hydrogens (tertiary/aromatic N) is 1. The summed E-state index contributed by atoms with van der Waals surface area (Å²) in [4.78, 5) is 13.3. The van der Waals surface area contributed by atoms with Gasteiger partial charge in [-0.2, -0.15) is 0 Å². The van der Waals surface area contributed by atoms with Crippen LogP contribution in [0, 0.1) is 5.92 Å². The molecule has 0 spiro atoms. The summed E-state index contributed by atoms with van der Waals surface area (Å²) in [6.07, 6.45) is 10.6. The maximum atomic E-state index is 10.8. The maximum absolute atomic E-state index is 10.8. The Morgan fingerprint density at radius 1 is 1.16 bits per heavy atom. The fraction of sp³-hybridized carbons (Fsp3) is 0.938. The summed E-state index contributed by atoms with van der Waals surface area (Å²) in [5, 5.41) is 8.91. The van der Waals surface area contributed by atoms with Gasteiger partial charge in [0, 0.05) is 12.6 Å². The molecule has 2 unspecified atom stereocenters. The van der Waals surface area contributed by atoms with Crippen molar-refractivity contribution < 1.29 is 9.90 Å². The summed E-state index contributed by atoms with van der Waals surface area (Å²) in [6.45, 7) is 6.38. The lowest BCUT2D eigenvalue weighted by atomic mass is 9.84. The molecule has 2 atom stereocenters. The van der Waals surface area contributed by atoms with Gasteiger partial charge in [0.15, 0.2) is 0 Å². The fourth-order valence-corrected chi connectivity index (χ4v) is 3.26. The largest absolute Gasteiger partial charge is 0.481 e. The summed E-state index contributed by atoms with van der Waals surface area (Å²) in [5.74, 6) is 0.0655. The summed E-state index contributed by atoms with van der Waals surface area (Å²) < 4.78 is 0. The number of hydrogen-bond donors (Lipinski definition) is 1. The third-order valence-corrected chi connectivity index (χ3v) is 4.45. The van der Waals surface area contributed by atoms with Crippen molar-refractivity contribution in [2.75, 3.05) is 13.1 Å². The van der Waals surface area contributed by atoms with Crippen molar-refractivity contribution in [1.82, 2.24) is 4.90 Å². The smallest absolute Gasteiger partial charge is 0.304 e. The van der Waals surface area contributed by atoms with E-state index in [9.17, 15) is 4.79 Å². The molecule has 112 valence electrons. The molecule has 3 nitrogen and oxygen atoms in total. The van der Waals surface area contributed by atoms with Crippen molar-refractivity contribution in [3.63, 3.8) is 0 Å². The van der Waals surface area contributed by atoms with Gasteiger partial charge < -0.3 is 5.11 Å². The number of carboxylic acids is 1. The zero-order chi connectivity index (χ0) is 14.1. The number of unbranched alkanes of at least 4 members (excludes halogenated alkanes) is 3. The molecular formula is C16H31NO2. The van der Waals surface area contributed by atoms with E-state index >= 15 is 0 Å². The Morgan fingerprint density at radius 2 is 1.89 bits per heavy atom. The highest BCUT2D eigenvalue weighted by atomic mass is 16.4. The molecule has 1 rings (SSSR count). The van der Waals surface area contributed by atoms with E-state index in [1.165, 1.54) is 51.4 Å². The standard InChI is InChI=1S/C16H31NO2/c1-3-4-5-8-12-17(13-11-16(18)19)15-10-7-6-9-14(15)2/h14-15H,3-13H2,1-2H3,(H,18,19). The molecule has 0 aromatic carbocycles. The minimum atomic E-state index is -0.665. The van der Waals surface area contributed by atoms with E-state index in [0.717, 1.165) is 19.0 Å². The van der Waals surface area contributed by atoms with Crippen LogP contribution in [0.25, 0.3) is 0 Å². The van der Waals surface area contributed by atoms with Gasteiger partial charge in [-0.25, -0.2) is 0 Å². The van der Waals surface area contributed by atoms with E-state index in [2.05, 4.69) is 18.7 Å². The van der Waals surface area contributed by atoms with Crippen LogP contribution in [0.5, 0.6) is 0 Å². The van der Waals surface area contributed by atoms with Gasteiger partial charge in [-0.1, -0.05) is 46.0 Å². The Morgan fingerprint density at radius 3 is 2.53 bits per heavy atom. The van der Waals surface area contributed by atoms with Crippen LogP contribution in [0.1, 0.15) is 71.6 Å². The van der Waals surface area contributed by atoms with Gasteiger partial charge in [-0.05, 0) is 31.7 Å². The molecule has 0 radical (unpaired) electrons. The van der Waals surface area contributed by atoms with Crippen LogP contribution in [0.2, 0.25) is 0 Å². The summed E-state index contributed by atoms with van der Waals surface area (Å²) in [6, 6.07) is 0.620. The van der Waals surface area contributed by atoms with E-state index in [4.69, 9.17) is 5.11 Å². The second-order valence-electron chi connectivity index (χ2n) is 6.07. The van der Waals surface area contributed by atoms with E-state index < -0.39 is 5.97 Å². The molecule has 0 aliphatic heterocycles. The Bertz CT molecular complexity index is 255. The molecule has 0 aromatic heterocycles. The van der Waals surface area contributed by atoms with Crippen LogP contribution in [-0.4, -0.2) is 35.1 Å². The van der Waals surface area contributed by atoms with Crippen LogP contribution in [0.3, 0.4) is 0 Å². The highest BCUT2D eigenvalue weighted by molar-refractivity contribution is 5.66. The molecule has 1 aliphatic carbocycles. The van der Waals surface area contributed by atoms with Gasteiger partial charge in [0.25, 0.3) is 0 Å². The van der Waals surface area contributed by atoms with Gasteiger partial charge in [0.2, 0.25) is 0 Å². The summed E-state index contributed by atoms with van der Waals surface area (Å²) in [5.41, 5.74) is 0. The van der Waals surface area contributed by atoms with Crippen LogP contribution in [0.15, 0.2) is 0 Å². The third-order valence-electron chi connectivity index (χ3n) is 4.45. The molecule has 1 saturated carbocycles.